The van der Waals surface area contributed by atoms with Crippen molar-refractivity contribution in [3.63, 3.8) is 0 Å². The molecule has 0 bridgehead atoms. The molecule has 0 aliphatic carbocycles. The van der Waals surface area contributed by atoms with Gasteiger partial charge in [0.15, 0.2) is 0 Å². The summed E-state index contributed by atoms with van der Waals surface area (Å²) in [5.41, 5.74) is 2.97. The van der Waals surface area contributed by atoms with Crippen molar-refractivity contribution >= 4 is 34.5 Å². The summed E-state index contributed by atoms with van der Waals surface area (Å²) in [7, 11) is 1.64. The van der Waals surface area contributed by atoms with Crippen molar-refractivity contribution in [1.82, 2.24) is 4.57 Å². The van der Waals surface area contributed by atoms with Gasteiger partial charge < -0.3 is 14.4 Å². The third kappa shape index (κ3) is 3.12. The Hall–Kier alpha value is -1.78. The van der Waals surface area contributed by atoms with Crippen LogP contribution in [0, 0.1) is 0 Å². The topological polar surface area (TPSA) is 51.5 Å². The zero-order chi connectivity index (χ0) is 15.4. The Morgan fingerprint density at radius 1 is 1.48 bits per heavy atom. The molecule has 1 heterocycles. The molecule has 1 N–H and O–H groups in total. The van der Waals surface area contributed by atoms with E-state index in [0.29, 0.717) is 18.3 Å². The molecule has 0 aliphatic heterocycles. The van der Waals surface area contributed by atoms with Crippen LogP contribution in [0.25, 0.3) is 17.0 Å². The second-order valence-electron chi connectivity index (χ2n) is 4.69. The molecule has 1 aromatic carbocycles. The van der Waals surface area contributed by atoms with Crippen molar-refractivity contribution in [2.45, 2.75) is 19.9 Å². The van der Waals surface area contributed by atoms with Crippen LogP contribution in [0.3, 0.4) is 0 Å². The lowest BCUT2D eigenvalue weighted by molar-refractivity contribution is -0.131. The van der Waals surface area contributed by atoms with Gasteiger partial charge in [-0.15, -0.1) is 0 Å². The highest BCUT2D eigenvalue weighted by atomic mass is 35.5. The van der Waals surface area contributed by atoms with E-state index in [0.717, 1.165) is 29.0 Å². The Bertz CT molecular complexity index is 688. The quantitative estimate of drug-likeness (QED) is 0.830. The van der Waals surface area contributed by atoms with E-state index in [4.69, 9.17) is 21.4 Å². The highest BCUT2D eigenvalue weighted by molar-refractivity contribution is 6.33. The number of nitrogens with zero attached hydrogens (tertiary/aromatic N) is 1. The van der Waals surface area contributed by atoms with Crippen LogP contribution >= 0.6 is 11.6 Å². The maximum absolute atomic E-state index is 10.8. The first-order valence-electron chi connectivity index (χ1n) is 6.79. The van der Waals surface area contributed by atoms with Gasteiger partial charge >= 0.3 is 5.97 Å². The summed E-state index contributed by atoms with van der Waals surface area (Å²) in [4.78, 5) is 10.8. The van der Waals surface area contributed by atoms with Gasteiger partial charge in [-0.05, 0) is 18.1 Å². The predicted octanol–water partition coefficient (Wildman–Crippen LogP) is 3.60. The number of hydrogen-bond donors (Lipinski definition) is 1. The largest absolute Gasteiger partial charge is 0.478 e. The molecule has 0 amide bonds. The number of carboxylic acids is 1. The SMILES string of the molecule is CCc1cccc2c(/C=C/C(=O)O)c(Cl)n(CCOC)c12. The molecule has 2 rings (SSSR count). The van der Waals surface area contributed by atoms with Crippen LogP contribution in [0.4, 0.5) is 0 Å². The minimum Gasteiger partial charge on any atom is -0.478 e. The van der Waals surface area contributed by atoms with Gasteiger partial charge in [0.1, 0.15) is 5.15 Å². The number of aliphatic carboxylic acids is 1. The average molecular weight is 308 g/mol. The fourth-order valence-electron chi connectivity index (χ4n) is 2.47. The van der Waals surface area contributed by atoms with Crippen LogP contribution < -0.4 is 0 Å². The van der Waals surface area contributed by atoms with Crippen LogP contribution in [0.5, 0.6) is 0 Å². The molecule has 21 heavy (non-hydrogen) atoms. The van der Waals surface area contributed by atoms with Crippen molar-refractivity contribution in [2.75, 3.05) is 13.7 Å². The lowest BCUT2D eigenvalue weighted by atomic mass is 10.1. The first-order chi connectivity index (χ1) is 10.1. The maximum Gasteiger partial charge on any atom is 0.328 e. The molecule has 0 radical (unpaired) electrons. The molecule has 2 aromatic rings. The van der Waals surface area contributed by atoms with Crippen LogP contribution in [0.1, 0.15) is 18.1 Å². The molecule has 5 heteroatoms. The van der Waals surface area contributed by atoms with Crippen molar-refractivity contribution in [3.05, 3.63) is 40.6 Å². The Morgan fingerprint density at radius 2 is 2.24 bits per heavy atom. The average Bonchev–Trinajstić information content (AvgIpc) is 2.74. The van der Waals surface area contributed by atoms with E-state index in [1.54, 1.807) is 13.2 Å². The maximum atomic E-state index is 10.8. The molecule has 0 fully saturated rings. The summed E-state index contributed by atoms with van der Waals surface area (Å²) in [6.45, 7) is 3.26. The van der Waals surface area contributed by atoms with Gasteiger partial charge in [0, 0.05) is 30.7 Å². The van der Waals surface area contributed by atoms with Crippen molar-refractivity contribution in [1.29, 1.82) is 0 Å². The summed E-state index contributed by atoms with van der Waals surface area (Å²) < 4.78 is 7.13. The fourth-order valence-corrected chi connectivity index (χ4v) is 2.81. The highest BCUT2D eigenvalue weighted by Crippen LogP contribution is 2.33. The van der Waals surface area contributed by atoms with Crippen LogP contribution in [0.15, 0.2) is 24.3 Å². The predicted molar refractivity (Wildman–Crippen MR) is 84.9 cm³/mol. The first-order valence-corrected chi connectivity index (χ1v) is 7.17. The number of aryl methyl sites for hydroxylation is 1. The summed E-state index contributed by atoms with van der Waals surface area (Å²) in [5.74, 6) is -0.990. The standard InChI is InChI=1S/C16H18ClNO3/c1-3-11-5-4-6-12-13(7-8-14(19)20)16(17)18(15(11)12)9-10-21-2/h4-8H,3,9-10H2,1-2H3,(H,19,20)/b8-7+. The number of methoxy groups -OCH3 is 1. The molecule has 0 saturated heterocycles. The van der Waals surface area contributed by atoms with Crippen molar-refractivity contribution in [3.8, 4) is 0 Å². The number of hydrogen-bond acceptors (Lipinski definition) is 2. The molecular weight excluding hydrogens is 290 g/mol. The minimum atomic E-state index is -0.990. The summed E-state index contributed by atoms with van der Waals surface area (Å²) in [6.07, 6.45) is 3.54. The van der Waals surface area contributed by atoms with Gasteiger partial charge in [0.2, 0.25) is 0 Å². The van der Waals surface area contributed by atoms with E-state index in [1.165, 1.54) is 5.56 Å². The van der Waals surface area contributed by atoms with E-state index in [-0.39, 0.29) is 0 Å². The van der Waals surface area contributed by atoms with Crippen LogP contribution in [0.2, 0.25) is 5.15 Å². The molecule has 112 valence electrons. The van der Waals surface area contributed by atoms with Crippen LogP contribution in [-0.4, -0.2) is 29.4 Å². The van der Waals surface area contributed by atoms with Crippen molar-refractivity contribution in [2.24, 2.45) is 0 Å². The molecule has 0 saturated carbocycles. The van der Waals surface area contributed by atoms with Gasteiger partial charge in [-0.1, -0.05) is 36.7 Å². The normalized spacial score (nSPS) is 11.6. The van der Waals surface area contributed by atoms with Gasteiger partial charge in [-0.25, -0.2) is 4.79 Å². The fraction of sp³-hybridized carbons (Fsp3) is 0.312. The lowest BCUT2D eigenvalue weighted by Crippen LogP contribution is -2.05. The molecule has 0 unspecified atom stereocenters. The molecular formula is C16H18ClNO3. The van der Waals surface area contributed by atoms with E-state index in [2.05, 4.69) is 13.0 Å². The zero-order valence-corrected chi connectivity index (χ0v) is 12.9. The number of para-hydroxylation sites is 1. The highest BCUT2D eigenvalue weighted by Gasteiger charge is 2.16. The number of rotatable bonds is 6. The number of ether oxygens (including phenoxy) is 1. The number of carboxylic acid groups (broad SMARTS) is 1. The summed E-state index contributed by atoms with van der Waals surface area (Å²) >= 11 is 6.46. The number of halogens is 1. The Balaban J connectivity index is 2.69. The summed E-state index contributed by atoms with van der Waals surface area (Å²) in [5, 5.41) is 10.3. The van der Waals surface area contributed by atoms with Gasteiger partial charge in [-0.2, -0.15) is 0 Å². The Morgan fingerprint density at radius 3 is 2.86 bits per heavy atom. The smallest absolute Gasteiger partial charge is 0.328 e. The van der Waals surface area contributed by atoms with E-state index in [1.807, 2.05) is 16.7 Å². The van der Waals surface area contributed by atoms with E-state index in [9.17, 15) is 4.79 Å². The number of benzene rings is 1. The van der Waals surface area contributed by atoms with Gasteiger partial charge in [-0.3, -0.25) is 0 Å². The molecule has 4 nitrogen and oxygen atoms in total. The number of fused-ring (bicyclic) bond motifs is 1. The number of carbonyl (C=O) groups is 1. The van der Waals surface area contributed by atoms with Gasteiger partial charge in [0.05, 0.1) is 12.1 Å². The zero-order valence-electron chi connectivity index (χ0n) is 12.1. The molecule has 0 aliphatic rings. The second kappa shape index (κ2) is 6.78. The minimum absolute atomic E-state index is 0.542. The summed E-state index contributed by atoms with van der Waals surface area (Å²) in [6, 6.07) is 5.99. The first kappa shape index (κ1) is 15.6. The van der Waals surface area contributed by atoms with E-state index < -0.39 is 5.97 Å². The monoisotopic (exact) mass is 307 g/mol. The molecule has 0 spiro atoms. The van der Waals surface area contributed by atoms with Crippen molar-refractivity contribution < 1.29 is 14.6 Å². The third-order valence-corrected chi connectivity index (χ3v) is 3.84. The number of aromatic nitrogens is 1. The second-order valence-corrected chi connectivity index (χ2v) is 5.05. The van der Waals surface area contributed by atoms with Crippen LogP contribution in [-0.2, 0) is 22.5 Å². The van der Waals surface area contributed by atoms with Gasteiger partial charge in [0.25, 0.3) is 0 Å². The Kier molecular flexibility index (Phi) is 5.04. The Labute approximate surface area is 128 Å². The lowest BCUT2D eigenvalue weighted by Gasteiger charge is -2.09. The third-order valence-electron chi connectivity index (χ3n) is 3.43. The molecule has 1 aromatic heterocycles. The molecule has 0 atom stereocenters. The van der Waals surface area contributed by atoms with E-state index >= 15 is 0 Å².